The summed E-state index contributed by atoms with van der Waals surface area (Å²) in [5.41, 5.74) is 0.805. The minimum Gasteiger partial charge on any atom is -0.497 e. The Hall–Kier alpha value is -3.11. The molecule has 0 bridgehead atoms. The van der Waals surface area contributed by atoms with Crippen LogP contribution in [0.5, 0.6) is 5.75 Å². The lowest BCUT2D eigenvalue weighted by molar-refractivity contribution is -0.129. The van der Waals surface area contributed by atoms with Crippen molar-refractivity contribution in [3.63, 3.8) is 0 Å². The van der Waals surface area contributed by atoms with Gasteiger partial charge in [0, 0.05) is 52.9 Å². The first kappa shape index (κ1) is 25.5. The quantitative estimate of drug-likeness (QED) is 0.590. The molecule has 1 fully saturated rings. The molecule has 2 aromatic rings. The number of sulfonamides is 1. The summed E-state index contributed by atoms with van der Waals surface area (Å²) < 4.78 is 32.8. The number of nitrogens with zero attached hydrogens (tertiary/aromatic N) is 4. The number of likely N-dealkylation sites (N-methyl/N-ethyl adjacent to an activating group) is 1. The zero-order valence-electron chi connectivity index (χ0n) is 20.1. The van der Waals surface area contributed by atoms with E-state index in [0.717, 1.165) is 13.0 Å². The summed E-state index contributed by atoms with van der Waals surface area (Å²) in [7, 11) is 2.61. The normalized spacial score (nSPS) is 14.9. The number of amides is 2. The fraction of sp³-hybridized carbons (Fsp3) is 0.417. The smallest absolute Gasteiger partial charge is 0.264 e. The molecule has 2 aromatic carbocycles. The van der Waals surface area contributed by atoms with Gasteiger partial charge in [-0.2, -0.15) is 0 Å². The Balaban J connectivity index is 1.73. The first-order chi connectivity index (χ1) is 16.1. The molecule has 1 aliphatic rings. The van der Waals surface area contributed by atoms with Gasteiger partial charge in [-0.05, 0) is 48.9 Å². The number of anilines is 1. The second kappa shape index (κ2) is 10.9. The van der Waals surface area contributed by atoms with Crippen LogP contribution in [0.4, 0.5) is 5.69 Å². The lowest BCUT2D eigenvalue weighted by Crippen LogP contribution is -2.39. The molecule has 2 amide bonds. The molecule has 0 aliphatic carbocycles. The van der Waals surface area contributed by atoms with Crippen molar-refractivity contribution in [2.45, 2.75) is 11.3 Å². The van der Waals surface area contributed by atoms with E-state index in [1.165, 1.54) is 23.5 Å². The molecule has 184 valence electrons. The highest BCUT2D eigenvalue weighted by Gasteiger charge is 2.25. The molecule has 1 heterocycles. The summed E-state index contributed by atoms with van der Waals surface area (Å²) in [5, 5.41) is 0. The number of benzene rings is 2. The summed E-state index contributed by atoms with van der Waals surface area (Å²) in [4.78, 5) is 30.6. The van der Waals surface area contributed by atoms with Crippen LogP contribution in [0.1, 0.15) is 16.8 Å². The average molecular weight is 489 g/mol. The van der Waals surface area contributed by atoms with E-state index in [1.807, 2.05) is 4.90 Å². The van der Waals surface area contributed by atoms with Crippen molar-refractivity contribution < 1.29 is 22.7 Å². The molecule has 0 aromatic heterocycles. The maximum atomic E-state index is 13.2. The van der Waals surface area contributed by atoms with Crippen molar-refractivity contribution in [2.75, 3.05) is 65.3 Å². The Morgan fingerprint density at radius 3 is 2.32 bits per heavy atom. The van der Waals surface area contributed by atoms with Crippen molar-refractivity contribution >= 4 is 27.5 Å². The van der Waals surface area contributed by atoms with Gasteiger partial charge in [0.1, 0.15) is 5.75 Å². The highest BCUT2D eigenvalue weighted by molar-refractivity contribution is 7.92. The Morgan fingerprint density at radius 2 is 1.68 bits per heavy atom. The number of carbonyl (C=O) groups excluding carboxylic acids is 2. The van der Waals surface area contributed by atoms with Gasteiger partial charge < -0.3 is 14.5 Å². The SMILES string of the molecule is COc1ccc(N(C)S(=O)(=O)c2cccc(C(=O)N3CCCN(CC(=O)N(C)C)CC3)c2)cc1. The van der Waals surface area contributed by atoms with E-state index >= 15 is 0 Å². The van der Waals surface area contributed by atoms with E-state index in [2.05, 4.69) is 0 Å². The van der Waals surface area contributed by atoms with Crippen LogP contribution in [0.15, 0.2) is 53.4 Å². The zero-order chi connectivity index (χ0) is 24.9. The second-order valence-corrected chi connectivity index (χ2v) is 10.4. The van der Waals surface area contributed by atoms with E-state index in [9.17, 15) is 18.0 Å². The molecule has 9 nitrogen and oxygen atoms in total. The van der Waals surface area contributed by atoms with E-state index < -0.39 is 10.0 Å². The molecule has 0 radical (unpaired) electrons. The third kappa shape index (κ3) is 5.87. The van der Waals surface area contributed by atoms with Crippen molar-refractivity contribution in [3.8, 4) is 5.75 Å². The fourth-order valence-electron chi connectivity index (χ4n) is 3.73. The Bertz CT molecular complexity index is 1120. The standard InChI is InChI=1S/C24H32N4O5S/c1-25(2)23(29)18-27-13-6-14-28(16-15-27)24(30)19-7-5-8-22(17-19)34(31,32)26(3)20-9-11-21(33-4)12-10-20/h5,7-12,17H,6,13-16,18H2,1-4H3. The number of hydrogen-bond acceptors (Lipinski definition) is 6. The van der Waals surface area contributed by atoms with Crippen molar-refractivity contribution in [2.24, 2.45) is 0 Å². The predicted octanol–water partition coefficient (Wildman–Crippen LogP) is 1.76. The van der Waals surface area contributed by atoms with Crippen LogP contribution in [0.3, 0.4) is 0 Å². The van der Waals surface area contributed by atoms with Crippen LogP contribution in [0.25, 0.3) is 0 Å². The zero-order valence-corrected chi connectivity index (χ0v) is 20.9. The largest absolute Gasteiger partial charge is 0.497 e. The Morgan fingerprint density at radius 1 is 0.971 bits per heavy atom. The molecule has 0 unspecified atom stereocenters. The number of hydrogen-bond donors (Lipinski definition) is 0. The fourth-order valence-corrected chi connectivity index (χ4v) is 4.97. The van der Waals surface area contributed by atoms with Gasteiger partial charge in [0.25, 0.3) is 15.9 Å². The van der Waals surface area contributed by atoms with Gasteiger partial charge in [0.15, 0.2) is 0 Å². The molecule has 34 heavy (non-hydrogen) atoms. The van der Waals surface area contributed by atoms with Gasteiger partial charge in [-0.25, -0.2) is 8.42 Å². The summed E-state index contributed by atoms with van der Waals surface area (Å²) in [6.45, 7) is 2.66. The predicted molar refractivity (Wildman–Crippen MR) is 131 cm³/mol. The Labute approximate surface area is 201 Å². The molecular weight excluding hydrogens is 456 g/mol. The average Bonchev–Trinajstić information content (AvgIpc) is 3.08. The summed E-state index contributed by atoms with van der Waals surface area (Å²) in [6, 6.07) is 12.8. The van der Waals surface area contributed by atoms with Crippen molar-refractivity contribution in [1.29, 1.82) is 0 Å². The number of methoxy groups -OCH3 is 1. The third-order valence-electron chi connectivity index (χ3n) is 5.91. The number of rotatable bonds is 7. The molecule has 1 saturated heterocycles. The molecule has 1 aliphatic heterocycles. The highest BCUT2D eigenvalue weighted by atomic mass is 32.2. The molecule has 0 atom stereocenters. The molecular formula is C24H32N4O5S. The molecule has 0 N–H and O–H groups in total. The minimum atomic E-state index is -3.86. The van der Waals surface area contributed by atoms with Crippen molar-refractivity contribution in [3.05, 3.63) is 54.1 Å². The summed E-state index contributed by atoms with van der Waals surface area (Å²) in [5.74, 6) is 0.438. The topological polar surface area (TPSA) is 90.5 Å². The van der Waals surface area contributed by atoms with Gasteiger partial charge in [0.05, 0.1) is 24.2 Å². The van der Waals surface area contributed by atoms with Gasteiger partial charge in [-0.1, -0.05) is 6.07 Å². The van der Waals surface area contributed by atoms with Crippen LogP contribution in [-0.4, -0.2) is 95.9 Å². The van der Waals surface area contributed by atoms with E-state index in [0.29, 0.717) is 43.2 Å². The third-order valence-corrected chi connectivity index (χ3v) is 7.69. The van der Waals surface area contributed by atoms with Gasteiger partial charge in [-0.3, -0.25) is 18.8 Å². The monoisotopic (exact) mass is 488 g/mol. The van der Waals surface area contributed by atoms with Gasteiger partial charge in [-0.15, -0.1) is 0 Å². The summed E-state index contributed by atoms with van der Waals surface area (Å²) >= 11 is 0. The maximum absolute atomic E-state index is 13.2. The molecule has 3 rings (SSSR count). The van der Waals surface area contributed by atoms with Crippen molar-refractivity contribution in [1.82, 2.24) is 14.7 Å². The first-order valence-corrected chi connectivity index (χ1v) is 12.5. The number of carbonyl (C=O) groups is 2. The lowest BCUT2D eigenvalue weighted by Gasteiger charge is -2.23. The van der Waals surface area contributed by atoms with Crippen LogP contribution in [0.2, 0.25) is 0 Å². The molecule has 0 saturated carbocycles. The summed E-state index contributed by atoms with van der Waals surface area (Å²) in [6.07, 6.45) is 0.741. The highest BCUT2D eigenvalue weighted by Crippen LogP contribution is 2.25. The Kier molecular flexibility index (Phi) is 8.16. The van der Waals surface area contributed by atoms with Gasteiger partial charge in [0.2, 0.25) is 5.91 Å². The minimum absolute atomic E-state index is 0.0265. The second-order valence-electron chi connectivity index (χ2n) is 8.41. The van der Waals surface area contributed by atoms with Crippen LogP contribution in [0, 0.1) is 0 Å². The number of ether oxygens (including phenoxy) is 1. The first-order valence-electron chi connectivity index (χ1n) is 11.1. The molecule has 10 heteroatoms. The van der Waals surface area contributed by atoms with Crippen LogP contribution >= 0.6 is 0 Å². The van der Waals surface area contributed by atoms with E-state index in [4.69, 9.17) is 4.74 Å². The molecule has 0 spiro atoms. The maximum Gasteiger partial charge on any atom is 0.264 e. The van der Waals surface area contributed by atoms with Crippen LogP contribution < -0.4 is 9.04 Å². The van der Waals surface area contributed by atoms with E-state index in [1.54, 1.807) is 67.4 Å². The van der Waals surface area contributed by atoms with Gasteiger partial charge >= 0.3 is 0 Å². The van der Waals surface area contributed by atoms with E-state index in [-0.39, 0.29) is 16.7 Å². The van der Waals surface area contributed by atoms with Crippen LogP contribution in [-0.2, 0) is 14.8 Å². The lowest BCUT2D eigenvalue weighted by atomic mass is 10.2.